The van der Waals surface area contributed by atoms with Crippen molar-refractivity contribution in [1.29, 1.82) is 0 Å². The molecule has 1 saturated carbocycles. The van der Waals surface area contributed by atoms with Crippen molar-refractivity contribution in [1.82, 2.24) is 24.9 Å². The van der Waals surface area contributed by atoms with Crippen LogP contribution >= 0.6 is 0 Å². The maximum atomic E-state index is 12.7. The van der Waals surface area contributed by atoms with Gasteiger partial charge in [0.25, 0.3) is 5.91 Å². The molecule has 1 unspecified atom stereocenters. The molecule has 8 nitrogen and oxygen atoms in total. The zero-order valence-corrected chi connectivity index (χ0v) is 17.2. The number of carbonyl (C=O) groups is 3. The summed E-state index contributed by atoms with van der Waals surface area (Å²) in [4.78, 5) is 41.2. The van der Waals surface area contributed by atoms with Gasteiger partial charge in [0.05, 0.1) is 5.92 Å². The van der Waals surface area contributed by atoms with Crippen molar-refractivity contribution in [3.63, 3.8) is 0 Å². The lowest BCUT2D eigenvalue weighted by Gasteiger charge is -2.34. The number of aryl methyl sites for hydroxylation is 1. The van der Waals surface area contributed by atoms with Gasteiger partial charge in [-0.15, -0.1) is 0 Å². The average Bonchev–Trinajstić information content (AvgIpc) is 3.32. The molecule has 1 N–H and O–H groups in total. The van der Waals surface area contributed by atoms with E-state index in [2.05, 4.69) is 10.4 Å². The molecule has 8 heteroatoms. The Morgan fingerprint density at radius 3 is 2.62 bits per heavy atom. The van der Waals surface area contributed by atoms with Crippen molar-refractivity contribution in [2.24, 2.45) is 17.8 Å². The second-order valence-electron chi connectivity index (χ2n) is 8.66. The number of amides is 3. The lowest BCUT2D eigenvalue weighted by atomic mass is 9.96. The van der Waals surface area contributed by atoms with Gasteiger partial charge in [-0.3, -0.25) is 19.1 Å². The predicted molar refractivity (Wildman–Crippen MR) is 107 cm³/mol. The number of piperidine rings is 1. The van der Waals surface area contributed by atoms with Gasteiger partial charge in [0.2, 0.25) is 11.8 Å². The number of rotatable bonds is 7. The van der Waals surface area contributed by atoms with Crippen LogP contribution in [-0.2, 0) is 16.1 Å². The van der Waals surface area contributed by atoms with E-state index in [1.54, 1.807) is 16.9 Å². The quantitative estimate of drug-likeness (QED) is 0.742. The second-order valence-corrected chi connectivity index (χ2v) is 8.66. The third-order valence-corrected chi connectivity index (χ3v) is 6.46. The minimum absolute atomic E-state index is 0.0284. The minimum atomic E-state index is -0.211. The Hall–Kier alpha value is -2.38. The third kappa shape index (κ3) is 4.62. The number of nitrogens with zero attached hydrogens (tertiary/aromatic N) is 4. The molecule has 1 aliphatic carbocycles. The van der Waals surface area contributed by atoms with E-state index in [1.165, 1.54) is 12.8 Å². The molecule has 2 saturated heterocycles. The lowest BCUT2D eigenvalue weighted by Crippen LogP contribution is -2.42. The van der Waals surface area contributed by atoms with Crippen LogP contribution in [0.5, 0.6) is 0 Å². The molecule has 3 amide bonds. The van der Waals surface area contributed by atoms with Crippen molar-refractivity contribution in [3.05, 3.63) is 18.0 Å². The van der Waals surface area contributed by atoms with Crippen molar-refractivity contribution >= 4 is 17.7 Å². The molecule has 29 heavy (non-hydrogen) atoms. The summed E-state index contributed by atoms with van der Waals surface area (Å²) < 4.78 is 1.73. The summed E-state index contributed by atoms with van der Waals surface area (Å²) >= 11 is 0. The number of carbonyl (C=O) groups excluding carboxylic acids is 3. The third-order valence-electron chi connectivity index (χ3n) is 6.46. The maximum absolute atomic E-state index is 12.7. The molecule has 1 atom stereocenters. The zero-order valence-electron chi connectivity index (χ0n) is 17.2. The summed E-state index contributed by atoms with van der Waals surface area (Å²) in [6, 6.07) is 1.77. The topological polar surface area (TPSA) is 87.5 Å². The van der Waals surface area contributed by atoms with Gasteiger partial charge in [0, 0.05) is 51.9 Å². The highest BCUT2D eigenvalue weighted by molar-refractivity contribution is 5.92. The molecular formula is C21H31N5O3. The Morgan fingerprint density at radius 1 is 1.17 bits per heavy atom. The fraction of sp³-hybridized carbons (Fsp3) is 0.714. The molecule has 1 aromatic rings. The van der Waals surface area contributed by atoms with E-state index in [1.807, 2.05) is 16.7 Å². The van der Waals surface area contributed by atoms with Gasteiger partial charge in [0.1, 0.15) is 5.69 Å². The number of hydrogen-bond donors (Lipinski definition) is 1. The molecule has 0 aromatic carbocycles. The smallest absolute Gasteiger partial charge is 0.272 e. The highest BCUT2D eigenvalue weighted by Gasteiger charge is 2.36. The first kappa shape index (κ1) is 19.9. The van der Waals surface area contributed by atoms with Crippen molar-refractivity contribution < 1.29 is 14.4 Å². The fourth-order valence-electron chi connectivity index (χ4n) is 4.39. The van der Waals surface area contributed by atoms with Crippen molar-refractivity contribution in [3.8, 4) is 0 Å². The molecule has 3 aliphatic rings. The van der Waals surface area contributed by atoms with Gasteiger partial charge in [0.15, 0.2) is 0 Å². The first-order chi connectivity index (χ1) is 14.0. The number of aromatic nitrogens is 2. The molecule has 0 radical (unpaired) electrons. The summed E-state index contributed by atoms with van der Waals surface area (Å²) in [5, 5.41) is 7.19. The standard InChI is InChI=1S/C21H31N5O3/c1-2-26-18(5-8-23-26)21(29)24-9-6-16(7-10-24)13-25-14-17(11-19(25)27)20(28)22-12-15-3-4-15/h5,8,15-17H,2-4,6-7,9-14H2,1H3,(H,22,28). The van der Waals surface area contributed by atoms with E-state index >= 15 is 0 Å². The summed E-state index contributed by atoms with van der Waals surface area (Å²) in [6.45, 7) is 6.04. The summed E-state index contributed by atoms with van der Waals surface area (Å²) in [5.41, 5.74) is 0.640. The average molecular weight is 402 g/mol. The molecule has 3 fully saturated rings. The van der Waals surface area contributed by atoms with Crippen LogP contribution in [0.3, 0.4) is 0 Å². The van der Waals surface area contributed by atoms with Crippen LogP contribution in [0.15, 0.2) is 12.3 Å². The van der Waals surface area contributed by atoms with Gasteiger partial charge >= 0.3 is 0 Å². The van der Waals surface area contributed by atoms with Crippen LogP contribution in [0.1, 0.15) is 49.5 Å². The fourth-order valence-corrected chi connectivity index (χ4v) is 4.39. The second kappa shape index (κ2) is 8.55. The van der Waals surface area contributed by atoms with Gasteiger partial charge < -0.3 is 15.1 Å². The van der Waals surface area contributed by atoms with Gasteiger partial charge in [-0.05, 0) is 50.5 Å². The Bertz CT molecular complexity index is 764. The Morgan fingerprint density at radius 2 is 1.93 bits per heavy atom. The highest BCUT2D eigenvalue weighted by atomic mass is 16.2. The molecule has 2 aliphatic heterocycles. The van der Waals surface area contributed by atoms with E-state index in [0.717, 1.165) is 19.4 Å². The first-order valence-electron chi connectivity index (χ1n) is 10.9. The Labute approximate surface area is 171 Å². The maximum Gasteiger partial charge on any atom is 0.272 e. The predicted octanol–water partition coefficient (Wildman–Crippen LogP) is 1.13. The SMILES string of the molecule is CCn1nccc1C(=O)N1CCC(CN2CC(C(=O)NCC3CC3)CC2=O)CC1. The van der Waals surface area contributed by atoms with Crippen LogP contribution in [0.4, 0.5) is 0 Å². The van der Waals surface area contributed by atoms with E-state index < -0.39 is 0 Å². The van der Waals surface area contributed by atoms with E-state index in [-0.39, 0.29) is 23.6 Å². The van der Waals surface area contributed by atoms with Crippen LogP contribution in [-0.4, -0.2) is 70.0 Å². The lowest BCUT2D eigenvalue weighted by molar-refractivity contribution is -0.129. The minimum Gasteiger partial charge on any atom is -0.356 e. The number of likely N-dealkylation sites (tertiary alicyclic amines) is 2. The van der Waals surface area contributed by atoms with E-state index in [4.69, 9.17) is 0 Å². The zero-order chi connectivity index (χ0) is 20.4. The normalized spacial score (nSPS) is 22.9. The highest BCUT2D eigenvalue weighted by Crippen LogP contribution is 2.28. The van der Waals surface area contributed by atoms with Gasteiger partial charge in [-0.25, -0.2) is 0 Å². The summed E-state index contributed by atoms with van der Waals surface area (Å²) in [7, 11) is 0. The van der Waals surface area contributed by atoms with Crippen LogP contribution in [0, 0.1) is 17.8 Å². The molecule has 0 spiro atoms. The van der Waals surface area contributed by atoms with Crippen molar-refractivity contribution in [2.45, 2.75) is 45.6 Å². The summed E-state index contributed by atoms with van der Waals surface area (Å²) in [6.07, 6.45) is 6.17. The molecule has 0 bridgehead atoms. The van der Waals surface area contributed by atoms with Gasteiger partial charge in [-0.1, -0.05) is 0 Å². The number of hydrogen-bond acceptors (Lipinski definition) is 4. The van der Waals surface area contributed by atoms with Crippen LogP contribution in [0.25, 0.3) is 0 Å². The Balaban J connectivity index is 1.23. The Kier molecular flexibility index (Phi) is 5.87. The molecule has 158 valence electrons. The first-order valence-corrected chi connectivity index (χ1v) is 10.9. The molecule has 3 heterocycles. The van der Waals surface area contributed by atoms with Crippen LogP contribution < -0.4 is 5.32 Å². The van der Waals surface area contributed by atoms with E-state index in [9.17, 15) is 14.4 Å². The van der Waals surface area contributed by atoms with Gasteiger partial charge in [-0.2, -0.15) is 5.10 Å². The number of nitrogens with one attached hydrogen (secondary N) is 1. The summed E-state index contributed by atoms with van der Waals surface area (Å²) in [5.74, 6) is 0.968. The van der Waals surface area contributed by atoms with Crippen LogP contribution in [0.2, 0.25) is 0 Å². The molecule has 1 aromatic heterocycles. The van der Waals surface area contributed by atoms with E-state index in [0.29, 0.717) is 56.7 Å². The van der Waals surface area contributed by atoms with Crippen molar-refractivity contribution in [2.75, 3.05) is 32.7 Å². The molecule has 4 rings (SSSR count). The monoisotopic (exact) mass is 401 g/mol. The molecular weight excluding hydrogens is 370 g/mol. The largest absolute Gasteiger partial charge is 0.356 e.